The fourth-order valence-electron chi connectivity index (χ4n) is 2.26. The first-order valence-corrected chi connectivity index (χ1v) is 7.97. The van der Waals surface area contributed by atoms with E-state index >= 15 is 0 Å². The summed E-state index contributed by atoms with van der Waals surface area (Å²) in [4.78, 5) is 0. The summed E-state index contributed by atoms with van der Waals surface area (Å²) in [6.45, 7) is 3.82. The third kappa shape index (κ3) is 3.80. The molecule has 5 heteroatoms. The minimum atomic E-state index is -3.24. The van der Waals surface area contributed by atoms with Crippen LogP contribution in [0.1, 0.15) is 18.9 Å². The van der Waals surface area contributed by atoms with E-state index in [2.05, 4.69) is 17.0 Å². The van der Waals surface area contributed by atoms with E-state index in [9.17, 15) is 8.42 Å². The van der Waals surface area contributed by atoms with Gasteiger partial charge < -0.3 is 5.32 Å². The Labute approximate surface area is 109 Å². The van der Waals surface area contributed by atoms with Crippen LogP contribution in [0.2, 0.25) is 0 Å². The molecular weight excluding hydrogens is 248 g/mol. The molecule has 0 aliphatic carbocycles. The Morgan fingerprint density at radius 2 is 2.06 bits per heavy atom. The molecule has 1 aliphatic heterocycles. The van der Waals surface area contributed by atoms with Gasteiger partial charge in [0.2, 0.25) is 10.0 Å². The van der Waals surface area contributed by atoms with Crippen molar-refractivity contribution in [2.45, 2.75) is 25.1 Å². The van der Waals surface area contributed by atoms with Crippen molar-refractivity contribution in [3.05, 3.63) is 35.9 Å². The molecule has 2 atom stereocenters. The van der Waals surface area contributed by atoms with Crippen LogP contribution in [0.15, 0.2) is 30.3 Å². The van der Waals surface area contributed by atoms with E-state index < -0.39 is 10.0 Å². The quantitative estimate of drug-likeness (QED) is 0.860. The topological polar surface area (TPSA) is 58.2 Å². The Morgan fingerprint density at radius 3 is 2.72 bits per heavy atom. The second-order valence-corrected chi connectivity index (χ2v) is 6.69. The first-order valence-electron chi connectivity index (χ1n) is 6.31. The zero-order valence-electron chi connectivity index (χ0n) is 10.6. The van der Waals surface area contributed by atoms with E-state index in [0.717, 1.165) is 25.1 Å². The molecule has 1 aromatic rings. The molecule has 0 spiro atoms. The SMILES string of the molecule is CC1CNCCC1NS(=O)(=O)Cc1ccccc1. The van der Waals surface area contributed by atoms with Crippen molar-refractivity contribution < 1.29 is 8.42 Å². The first kappa shape index (κ1) is 13.5. The summed E-state index contributed by atoms with van der Waals surface area (Å²) in [5, 5.41) is 3.27. The van der Waals surface area contributed by atoms with Gasteiger partial charge in [0.05, 0.1) is 5.75 Å². The summed E-state index contributed by atoms with van der Waals surface area (Å²) in [7, 11) is -3.24. The van der Waals surface area contributed by atoms with Crippen LogP contribution in [0.4, 0.5) is 0 Å². The van der Waals surface area contributed by atoms with Crippen LogP contribution in [0, 0.1) is 5.92 Å². The molecule has 1 aromatic carbocycles. The molecule has 2 rings (SSSR count). The highest BCUT2D eigenvalue weighted by atomic mass is 32.2. The second kappa shape index (κ2) is 5.82. The van der Waals surface area contributed by atoms with Gasteiger partial charge in [-0.3, -0.25) is 0 Å². The minimum Gasteiger partial charge on any atom is -0.316 e. The van der Waals surface area contributed by atoms with E-state index in [-0.39, 0.29) is 11.8 Å². The zero-order valence-corrected chi connectivity index (χ0v) is 11.4. The van der Waals surface area contributed by atoms with Crippen LogP contribution < -0.4 is 10.0 Å². The highest BCUT2D eigenvalue weighted by molar-refractivity contribution is 7.88. The molecule has 0 bridgehead atoms. The van der Waals surface area contributed by atoms with Gasteiger partial charge in [0, 0.05) is 6.04 Å². The molecule has 2 N–H and O–H groups in total. The average Bonchev–Trinajstić information content (AvgIpc) is 2.32. The summed E-state index contributed by atoms with van der Waals surface area (Å²) < 4.78 is 27.0. The lowest BCUT2D eigenvalue weighted by Crippen LogP contribution is -2.48. The third-order valence-corrected chi connectivity index (χ3v) is 4.69. The van der Waals surface area contributed by atoms with Crippen molar-refractivity contribution in [2.24, 2.45) is 5.92 Å². The van der Waals surface area contributed by atoms with Gasteiger partial charge in [-0.25, -0.2) is 13.1 Å². The number of sulfonamides is 1. The lowest BCUT2D eigenvalue weighted by atomic mass is 9.97. The zero-order chi connectivity index (χ0) is 13.0. The lowest BCUT2D eigenvalue weighted by Gasteiger charge is -2.29. The summed E-state index contributed by atoms with van der Waals surface area (Å²) in [5.74, 6) is 0.397. The molecule has 1 aliphatic rings. The molecule has 0 saturated carbocycles. The third-order valence-electron chi connectivity index (χ3n) is 3.32. The molecular formula is C13H20N2O2S. The van der Waals surface area contributed by atoms with Gasteiger partial charge in [-0.2, -0.15) is 0 Å². The van der Waals surface area contributed by atoms with Gasteiger partial charge >= 0.3 is 0 Å². The van der Waals surface area contributed by atoms with Crippen LogP contribution in [-0.2, 0) is 15.8 Å². The maximum atomic E-state index is 12.1. The highest BCUT2D eigenvalue weighted by Crippen LogP contribution is 2.13. The van der Waals surface area contributed by atoms with E-state index in [4.69, 9.17) is 0 Å². The van der Waals surface area contributed by atoms with E-state index in [1.54, 1.807) is 0 Å². The Balaban J connectivity index is 1.99. The number of rotatable bonds is 4. The molecule has 1 fully saturated rings. The minimum absolute atomic E-state index is 0.0555. The summed E-state index contributed by atoms with van der Waals surface area (Å²) in [5.41, 5.74) is 0.826. The highest BCUT2D eigenvalue weighted by Gasteiger charge is 2.25. The van der Waals surface area contributed by atoms with Gasteiger partial charge in [-0.1, -0.05) is 37.3 Å². The van der Waals surface area contributed by atoms with Gasteiger partial charge in [0.15, 0.2) is 0 Å². The van der Waals surface area contributed by atoms with Crippen molar-refractivity contribution in [3.63, 3.8) is 0 Å². The molecule has 2 unspecified atom stereocenters. The summed E-state index contributed by atoms with van der Waals surface area (Å²) >= 11 is 0. The Kier molecular flexibility index (Phi) is 4.37. The Bertz CT molecular complexity index is 473. The molecule has 100 valence electrons. The molecule has 0 aromatic heterocycles. The number of nitrogens with one attached hydrogen (secondary N) is 2. The number of piperidine rings is 1. The number of hydrogen-bond donors (Lipinski definition) is 2. The maximum Gasteiger partial charge on any atom is 0.216 e. The molecule has 0 radical (unpaired) electrons. The van der Waals surface area contributed by atoms with E-state index in [1.807, 2.05) is 30.3 Å². The summed E-state index contributed by atoms with van der Waals surface area (Å²) in [6, 6.07) is 9.34. The van der Waals surface area contributed by atoms with Crippen molar-refractivity contribution in [2.75, 3.05) is 13.1 Å². The van der Waals surface area contributed by atoms with Gasteiger partial charge in [0.25, 0.3) is 0 Å². The van der Waals surface area contributed by atoms with Crippen molar-refractivity contribution in [1.82, 2.24) is 10.0 Å². The number of hydrogen-bond acceptors (Lipinski definition) is 3. The summed E-state index contributed by atoms with van der Waals surface area (Å²) in [6.07, 6.45) is 0.856. The standard InChI is InChI=1S/C13H20N2O2S/c1-11-9-14-8-7-13(11)15-18(16,17)10-12-5-3-2-4-6-12/h2-6,11,13-15H,7-10H2,1H3. The van der Waals surface area contributed by atoms with Crippen LogP contribution in [0.3, 0.4) is 0 Å². The monoisotopic (exact) mass is 268 g/mol. The average molecular weight is 268 g/mol. The van der Waals surface area contributed by atoms with Gasteiger partial charge in [0.1, 0.15) is 0 Å². The number of benzene rings is 1. The molecule has 0 amide bonds. The Hall–Kier alpha value is -0.910. The predicted octanol–water partition coefficient (Wildman–Crippen LogP) is 1.10. The normalized spacial score (nSPS) is 24.9. The van der Waals surface area contributed by atoms with Crippen LogP contribution >= 0.6 is 0 Å². The fraction of sp³-hybridized carbons (Fsp3) is 0.538. The fourth-order valence-corrected chi connectivity index (χ4v) is 3.78. The molecule has 4 nitrogen and oxygen atoms in total. The smallest absolute Gasteiger partial charge is 0.216 e. The van der Waals surface area contributed by atoms with Gasteiger partial charge in [-0.15, -0.1) is 0 Å². The maximum absolute atomic E-state index is 12.1. The van der Waals surface area contributed by atoms with Crippen LogP contribution in [0.25, 0.3) is 0 Å². The van der Waals surface area contributed by atoms with Gasteiger partial charge in [-0.05, 0) is 31.0 Å². The first-order chi connectivity index (χ1) is 8.57. The molecule has 1 heterocycles. The van der Waals surface area contributed by atoms with Crippen molar-refractivity contribution >= 4 is 10.0 Å². The van der Waals surface area contributed by atoms with Crippen molar-refractivity contribution in [1.29, 1.82) is 0 Å². The largest absolute Gasteiger partial charge is 0.316 e. The predicted molar refractivity (Wildman–Crippen MR) is 72.6 cm³/mol. The van der Waals surface area contributed by atoms with E-state index in [0.29, 0.717) is 5.92 Å². The van der Waals surface area contributed by atoms with E-state index in [1.165, 1.54) is 0 Å². The molecule has 18 heavy (non-hydrogen) atoms. The molecule has 1 saturated heterocycles. The second-order valence-electron chi connectivity index (χ2n) is 4.94. The Morgan fingerprint density at radius 1 is 1.33 bits per heavy atom. The van der Waals surface area contributed by atoms with Crippen LogP contribution in [-0.4, -0.2) is 27.5 Å². The lowest BCUT2D eigenvalue weighted by molar-refractivity contribution is 0.328. The van der Waals surface area contributed by atoms with Crippen LogP contribution in [0.5, 0.6) is 0 Å². The van der Waals surface area contributed by atoms with Crippen molar-refractivity contribution in [3.8, 4) is 0 Å².